The highest BCUT2D eigenvalue weighted by molar-refractivity contribution is 5.83. The summed E-state index contributed by atoms with van der Waals surface area (Å²) in [6.07, 6.45) is 6.58. The van der Waals surface area contributed by atoms with Gasteiger partial charge >= 0.3 is 0 Å². The van der Waals surface area contributed by atoms with Gasteiger partial charge in [-0.1, -0.05) is 24.4 Å². The van der Waals surface area contributed by atoms with E-state index in [-0.39, 0.29) is 11.9 Å². The molecule has 3 N–H and O–H groups in total. The van der Waals surface area contributed by atoms with Crippen LogP contribution in [0.4, 0.5) is 0 Å². The number of hydrogen-bond donors (Lipinski definition) is 2. The molecule has 5 heteroatoms. The summed E-state index contributed by atoms with van der Waals surface area (Å²) in [5.41, 5.74) is 5.44. The lowest BCUT2D eigenvalue weighted by Gasteiger charge is -2.27. The number of ether oxygens (including phenoxy) is 1. The van der Waals surface area contributed by atoms with Gasteiger partial charge in [-0.3, -0.25) is 0 Å². The molecule has 1 saturated carbocycles. The molecule has 0 radical (unpaired) electrons. The van der Waals surface area contributed by atoms with Gasteiger partial charge in [0.05, 0.1) is 6.61 Å². The molecule has 18 heavy (non-hydrogen) atoms. The predicted molar refractivity (Wildman–Crippen MR) is 72.9 cm³/mol. The molecule has 1 atom stereocenters. The molecule has 0 aliphatic heterocycles. The van der Waals surface area contributed by atoms with Crippen LogP contribution in [-0.4, -0.2) is 48.8 Å². The van der Waals surface area contributed by atoms with Crippen LogP contribution in [0.1, 0.15) is 39.0 Å². The predicted octanol–water partition coefficient (Wildman–Crippen LogP) is 1.65. The van der Waals surface area contributed by atoms with E-state index in [2.05, 4.69) is 17.1 Å². The number of hydrogen-bond acceptors (Lipinski definition) is 4. The van der Waals surface area contributed by atoms with Crippen LogP contribution in [0.5, 0.6) is 0 Å². The van der Waals surface area contributed by atoms with Crippen molar-refractivity contribution in [3.8, 4) is 0 Å². The molecule has 0 aromatic heterocycles. The molecule has 0 amide bonds. The quantitative estimate of drug-likeness (QED) is 0.315. The molecule has 0 aromatic carbocycles. The Labute approximate surface area is 110 Å². The van der Waals surface area contributed by atoms with E-state index in [0.717, 1.165) is 19.0 Å². The molecular weight excluding hydrogens is 230 g/mol. The maximum absolute atomic E-state index is 8.50. The van der Waals surface area contributed by atoms with E-state index in [9.17, 15) is 0 Å². The van der Waals surface area contributed by atoms with E-state index in [1.54, 1.807) is 6.92 Å². The minimum atomic E-state index is -0.321. The first-order chi connectivity index (χ1) is 8.63. The number of oxime groups is 1. The molecule has 1 aliphatic rings. The fraction of sp³-hybridized carbons (Fsp3) is 0.923. The average Bonchev–Trinajstić information content (AvgIpc) is 2.38. The number of amidine groups is 1. The zero-order chi connectivity index (χ0) is 13.4. The standard InChI is InChI=1S/C13H27N3O2/c1-11(13(14)15-17)18-9-8-16(2)10-12-6-4-3-5-7-12/h11-12,17H,3-10H2,1-2H3,(H2,14,15). The molecule has 0 bridgehead atoms. The van der Waals surface area contributed by atoms with Crippen molar-refractivity contribution in [1.82, 2.24) is 4.90 Å². The highest BCUT2D eigenvalue weighted by Crippen LogP contribution is 2.23. The summed E-state index contributed by atoms with van der Waals surface area (Å²) in [4.78, 5) is 2.31. The van der Waals surface area contributed by atoms with Gasteiger partial charge in [0.1, 0.15) is 6.10 Å². The maximum Gasteiger partial charge on any atom is 0.168 e. The first-order valence-corrected chi connectivity index (χ1v) is 6.91. The van der Waals surface area contributed by atoms with Crippen LogP contribution in [-0.2, 0) is 4.74 Å². The summed E-state index contributed by atoms with van der Waals surface area (Å²) in [7, 11) is 2.13. The molecule has 1 aliphatic carbocycles. The third kappa shape index (κ3) is 5.69. The van der Waals surface area contributed by atoms with E-state index in [0.29, 0.717) is 6.61 Å². The van der Waals surface area contributed by atoms with Gasteiger partial charge in [-0.15, -0.1) is 0 Å². The van der Waals surface area contributed by atoms with Gasteiger partial charge in [-0.2, -0.15) is 0 Å². The summed E-state index contributed by atoms with van der Waals surface area (Å²) in [5.74, 6) is 0.982. The van der Waals surface area contributed by atoms with Crippen molar-refractivity contribution in [1.29, 1.82) is 0 Å². The van der Waals surface area contributed by atoms with E-state index in [1.165, 1.54) is 32.1 Å². The third-order valence-electron chi connectivity index (χ3n) is 3.67. The lowest BCUT2D eigenvalue weighted by molar-refractivity contribution is 0.0822. The van der Waals surface area contributed by atoms with Gasteiger partial charge < -0.3 is 20.6 Å². The zero-order valence-electron chi connectivity index (χ0n) is 11.6. The Hall–Kier alpha value is -0.810. The van der Waals surface area contributed by atoms with Crippen LogP contribution < -0.4 is 5.73 Å². The van der Waals surface area contributed by atoms with Gasteiger partial charge in [0, 0.05) is 13.1 Å². The Morgan fingerprint density at radius 3 is 2.72 bits per heavy atom. The fourth-order valence-corrected chi connectivity index (χ4v) is 2.45. The van der Waals surface area contributed by atoms with E-state index in [1.807, 2.05) is 0 Å². The first kappa shape index (κ1) is 15.2. The van der Waals surface area contributed by atoms with Crippen LogP contribution in [0.15, 0.2) is 5.16 Å². The summed E-state index contributed by atoms with van der Waals surface area (Å²) in [5, 5.41) is 11.4. The highest BCUT2D eigenvalue weighted by atomic mass is 16.5. The summed E-state index contributed by atoms with van der Waals surface area (Å²) in [6, 6.07) is 0. The minimum absolute atomic E-state index is 0.130. The van der Waals surface area contributed by atoms with Gasteiger partial charge in [0.15, 0.2) is 5.84 Å². The normalized spacial score (nSPS) is 20.3. The number of nitrogens with zero attached hydrogens (tertiary/aromatic N) is 2. The summed E-state index contributed by atoms with van der Waals surface area (Å²) in [6.45, 7) is 4.44. The second kappa shape index (κ2) is 8.32. The van der Waals surface area contributed by atoms with E-state index < -0.39 is 0 Å². The second-order valence-corrected chi connectivity index (χ2v) is 5.30. The summed E-state index contributed by atoms with van der Waals surface area (Å²) < 4.78 is 5.50. The third-order valence-corrected chi connectivity index (χ3v) is 3.67. The lowest BCUT2D eigenvalue weighted by atomic mass is 9.89. The van der Waals surface area contributed by atoms with Gasteiger partial charge in [0.25, 0.3) is 0 Å². The number of rotatable bonds is 7. The Morgan fingerprint density at radius 1 is 1.44 bits per heavy atom. The lowest BCUT2D eigenvalue weighted by Crippen LogP contribution is -2.34. The SMILES string of the molecule is CC(OCCN(C)CC1CCCCC1)C(N)=NO. The van der Waals surface area contributed by atoms with Crippen molar-refractivity contribution in [2.45, 2.75) is 45.1 Å². The molecule has 1 rings (SSSR count). The van der Waals surface area contributed by atoms with Crippen LogP contribution in [0.2, 0.25) is 0 Å². The van der Waals surface area contributed by atoms with Crippen LogP contribution in [0.3, 0.4) is 0 Å². The van der Waals surface area contributed by atoms with Crippen LogP contribution >= 0.6 is 0 Å². The van der Waals surface area contributed by atoms with Crippen molar-refractivity contribution >= 4 is 5.84 Å². The molecule has 5 nitrogen and oxygen atoms in total. The summed E-state index contributed by atoms with van der Waals surface area (Å²) >= 11 is 0. The Kier molecular flexibility index (Phi) is 7.05. The second-order valence-electron chi connectivity index (χ2n) is 5.30. The molecule has 0 heterocycles. The van der Waals surface area contributed by atoms with Crippen molar-refractivity contribution in [2.24, 2.45) is 16.8 Å². The van der Waals surface area contributed by atoms with Crippen molar-refractivity contribution in [3.05, 3.63) is 0 Å². The van der Waals surface area contributed by atoms with Gasteiger partial charge in [0.2, 0.25) is 0 Å². The number of likely N-dealkylation sites (N-methyl/N-ethyl adjacent to an activating group) is 1. The molecule has 1 unspecified atom stereocenters. The monoisotopic (exact) mass is 257 g/mol. The first-order valence-electron chi connectivity index (χ1n) is 6.91. The van der Waals surface area contributed by atoms with E-state index in [4.69, 9.17) is 15.7 Å². The fourth-order valence-electron chi connectivity index (χ4n) is 2.45. The average molecular weight is 257 g/mol. The topological polar surface area (TPSA) is 71.1 Å². The largest absolute Gasteiger partial charge is 0.409 e. The highest BCUT2D eigenvalue weighted by Gasteiger charge is 2.15. The van der Waals surface area contributed by atoms with Crippen molar-refractivity contribution < 1.29 is 9.94 Å². The molecular formula is C13H27N3O2. The smallest absolute Gasteiger partial charge is 0.168 e. The molecule has 0 saturated heterocycles. The Morgan fingerprint density at radius 2 is 2.11 bits per heavy atom. The number of nitrogens with two attached hydrogens (primary N) is 1. The van der Waals surface area contributed by atoms with Gasteiger partial charge in [-0.25, -0.2) is 0 Å². The molecule has 0 aromatic rings. The molecule has 0 spiro atoms. The van der Waals surface area contributed by atoms with E-state index >= 15 is 0 Å². The van der Waals surface area contributed by atoms with Crippen LogP contribution in [0.25, 0.3) is 0 Å². The van der Waals surface area contributed by atoms with Gasteiger partial charge in [-0.05, 0) is 32.7 Å². The van der Waals surface area contributed by atoms with Crippen molar-refractivity contribution in [2.75, 3.05) is 26.7 Å². The minimum Gasteiger partial charge on any atom is -0.409 e. The van der Waals surface area contributed by atoms with Crippen molar-refractivity contribution in [3.63, 3.8) is 0 Å². The molecule has 106 valence electrons. The maximum atomic E-state index is 8.50. The van der Waals surface area contributed by atoms with Crippen LogP contribution in [0, 0.1) is 5.92 Å². The zero-order valence-corrected chi connectivity index (χ0v) is 11.6. The Bertz CT molecular complexity index is 253. The Balaban J connectivity index is 2.11. The molecule has 1 fully saturated rings.